The Bertz CT molecular complexity index is 566. The maximum Gasteiger partial charge on any atom is 0.309 e. The molecule has 1 aliphatic heterocycles. The van der Waals surface area contributed by atoms with Crippen LogP contribution in [0.1, 0.15) is 36.5 Å². The maximum atomic E-state index is 11.4. The largest absolute Gasteiger partial charge is 0.481 e. The van der Waals surface area contributed by atoms with Crippen LogP contribution in [0.4, 0.5) is 5.69 Å². The van der Waals surface area contributed by atoms with E-state index in [9.17, 15) is 14.7 Å². The number of carbonyl (C=O) groups is 2. The first-order valence-electron chi connectivity index (χ1n) is 6.97. The number of anilines is 1. The minimum atomic E-state index is -0.716. The van der Waals surface area contributed by atoms with Crippen molar-refractivity contribution >= 4 is 29.2 Å². The molecule has 0 bridgehead atoms. The summed E-state index contributed by atoms with van der Waals surface area (Å²) < 4.78 is 0. The zero-order valence-corrected chi connectivity index (χ0v) is 12.7. The summed E-state index contributed by atoms with van der Waals surface area (Å²) >= 11 is 6.06. The number of amides is 1. The number of hydrogen-bond donors (Lipinski definition) is 2. The lowest BCUT2D eigenvalue weighted by atomic mass is 9.76. The third kappa shape index (κ3) is 2.97. The van der Waals surface area contributed by atoms with Crippen LogP contribution in [0.2, 0.25) is 5.02 Å². The van der Waals surface area contributed by atoms with E-state index in [4.69, 9.17) is 17.3 Å². The zero-order chi connectivity index (χ0) is 15.6. The Balaban J connectivity index is 2.14. The molecule has 0 unspecified atom stereocenters. The fourth-order valence-corrected chi connectivity index (χ4v) is 3.08. The summed E-state index contributed by atoms with van der Waals surface area (Å²) in [4.78, 5) is 24.7. The van der Waals surface area contributed by atoms with Gasteiger partial charge >= 0.3 is 5.97 Å². The second-order valence-corrected chi connectivity index (χ2v) is 5.86. The van der Waals surface area contributed by atoms with E-state index < -0.39 is 17.3 Å². The number of rotatable bonds is 4. The summed E-state index contributed by atoms with van der Waals surface area (Å²) in [6, 6.07) is 5.12. The standard InChI is InChI=1S/C15H19ClN2O3/c1-2-15(14(20)21)5-7-18(8-6-15)10-3-4-11(13(17)19)12(16)9-10/h3-4,9H,2,5-8H2,1H3,(H2,17,19)(H,20,21). The van der Waals surface area contributed by atoms with Crippen LogP contribution in [-0.4, -0.2) is 30.1 Å². The van der Waals surface area contributed by atoms with Gasteiger partial charge in [0, 0.05) is 18.8 Å². The average molecular weight is 311 g/mol. The summed E-state index contributed by atoms with van der Waals surface area (Å²) in [6.45, 7) is 3.24. The Kier molecular flexibility index (Phi) is 4.42. The maximum absolute atomic E-state index is 11.4. The summed E-state index contributed by atoms with van der Waals surface area (Å²) in [5, 5.41) is 9.72. The van der Waals surface area contributed by atoms with Crippen molar-refractivity contribution in [3.8, 4) is 0 Å². The first-order valence-corrected chi connectivity index (χ1v) is 7.35. The van der Waals surface area contributed by atoms with Crippen LogP contribution in [0.3, 0.4) is 0 Å². The molecule has 0 aromatic heterocycles. The Hall–Kier alpha value is -1.75. The lowest BCUT2D eigenvalue weighted by Gasteiger charge is -2.39. The number of carboxylic acids is 1. The Morgan fingerprint density at radius 1 is 1.38 bits per heavy atom. The van der Waals surface area contributed by atoms with Gasteiger partial charge in [-0.05, 0) is 37.5 Å². The van der Waals surface area contributed by atoms with Crippen molar-refractivity contribution in [2.45, 2.75) is 26.2 Å². The molecule has 21 heavy (non-hydrogen) atoms. The molecule has 0 aliphatic carbocycles. The van der Waals surface area contributed by atoms with Crippen LogP contribution >= 0.6 is 11.6 Å². The third-order valence-electron chi connectivity index (χ3n) is 4.43. The second-order valence-electron chi connectivity index (χ2n) is 5.45. The fourth-order valence-electron chi connectivity index (χ4n) is 2.81. The summed E-state index contributed by atoms with van der Waals surface area (Å²) in [5.41, 5.74) is 5.80. The third-order valence-corrected chi connectivity index (χ3v) is 4.75. The van der Waals surface area contributed by atoms with Gasteiger partial charge in [-0.3, -0.25) is 9.59 Å². The van der Waals surface area contributed by atoms with Gasteiger partial charge in [-0.25, -0.2) is 0 Å². The Morgan fingerprint density at radius 3 is 2.43 bits per heavy atom. The SMILES string of the molecule is CCC1(C(=O)O)CCN(c2ccc(C(N)=O)c(Cl)c2)CC1. The van der Waals surface area contributed by atoms with Crippen molar-refractivity contribution in [2.24, 2.45) is 11.1 Å². The van der Waals surface area contributed by atoms with E-state index in [1.165, 1.54) is 0 Å². The number of hydrogen-bond acceptors (Lipinski definition) is 3. The highest BCUT2D eigenvalue weighted by Gasteiger charge is 2.39. The molecule has 0 spiro atoms. The summed E-state index contributed by atoms with van der Waals surface area (Å²) in [5.74, 6) is -1.27. The Morgan fingerprint density at radius 2 is 2.00 bits per heavy atom. The second kappa shape index (κ2) is 5.93. The molecule has 0 radical (unpaired) electrons. The first kappa shape index (κ1) is 15.6. The van der Waals surface area contributed by atoms with Gasteiger partial charge in [0.2, 0.25) is 5.91 Å². The normalized spacial score (nSPS) is 17.5. The number of nitrogens with two attached hydrogens (primary N) is 1. The number of carboxylic acid groups (broad SMARTS) is 1. The quantitative estimate of drug-likeness (QED) is 0.895. The van der Waals surface area contributed by atoms with Gasteiger partial charge in [-0.15, -0.1) is 0 Å². The molecule has 1 amide bonds. The zero-order valence-electron chi connectivity index (χ0n) is 11.9. The highest BCUT2D eigenvalue weighted by atomic mass is 35.5. The van der Waals surface area contributed by atoms with Crippen molar-refractivity contribution < 1.29 is 14.7 Å². The number of carbonyl (C=O) groups excluding carboxylic acids is 1. The van der Waals surface area contributed by atoms with E-state index in [0.29, 0.717) is 42.9 Å². The van der Waals surface area contributed by atoms with Crippen molar-refractivity contribution in [3.05, 3.63) is 28.8 Å². The molecule has 1 saturated heterocycles. The molecule has 0 saturated carbocycles. The molecule has 0 atom stereocenters. The topological polar surface area (TPSA) is 83.6 Å². The van der Waals surface area contributed by atoms with Crippen molar-refractivity contribution in [2.75, 3.05) is 18.0 Å². The van der Waals surface area contributed by atoms with E-state index in [0.717, 1.165) is 5.69 Å². The molecular weight excluding hydrogens is 292 g/mol. The van der Waals surface area contributed by atoms with Crippen molar-refractivity contribution in [3.63, 3.8) is 0 Å². The lowest BCUT2D eigenvalue weighted by Crippen LogP contribution is -2.44. The first-order chi connectivity index (χ1) is 9.89. The number of aliphatic carboxylic acids is 1. The number of nitrogens with zero attached hydrogens (tertiary/aromatic N) is 1. The molecule has 1 aromatic rings. The molecule has 2 rings (SSSR count). The van der Waals surface area contributed by atoms with Gasteiger partial charge in [-0.2, -0.15) is 0 Å². The number of benzene rings is 1. The minimum Gasteiger partial charge on any atom is -0.481 e. The predicted octanol–water partition coefficient (Wildman–Crippen LogP) is 2.52. The van der Waals surface area contributed by atoms with Crippen LogP contribution in [0.5, 0.6) is 0 Å². The predicted molar refractivity (Wildman–Crippen MR) is 81.8 cm³/mol. The molecule has 1 fully saturated rings. The molecule has 1 heterocycles. The van der Waals surface area contributed by atoms with E-state index in [-0.39, 0.29) is 0 Å². The van der Waals surface area contributed by atoms with E-state index >= 15 is 0 Å². The van der Waals surface area contributed by atoms with Crippen molar-refractivity contribution in [1.82, 2.24) is 0 Å². The highest BCUT2D eigenvalue weighted by Crippen LogP contribution is 2.37. The number of piperidine rings is 1. The lowest BCUT2D eigenvalue weighted by molar-refractivity contribution is -0.150. The highest BCUT2D eigenvalue weighted by molar-refractivity contribution is 6.34. The fraction of sp³-hybridized carbons (Fsp3) is 0.467. The van der Waals surface area contributed by atoms with Crippen LogP contribution in [-0.2, 0) is 4.79 Å². The van der Waals surface area contributed by atoms with Gasteiger partial charge in [0.15, 0.2) is 0 Å². The van der Waals surface area contributed by atoms with Gasteiger partial charge < -0.3 is 15.7 Å². The smallest absolute Gasteiger partial charge is 0.309 e. The van der Waals surface area contributed by atoms with Crippen molar-refractivity contribution in [1.29, 1.82) is 0 Å². The van der Waals surface area contributed by atoms with Gasteiger partial charge in [0.05, 0.1) is 16.0 Å². The van der Waals surface area contributed by atoms with Gasteiger partial charge in [0.25, 0.3) is 0 Å². The van der Waals surface area contributed by atoms with E-state index in [1.807, 2.05) is 6.92 Å². The van der Waals surface area contributed by atoms with E-state index in [2.05, 4.69) is 4.90 Å². The number of primary amides is 1. The molecule has 3 N–H and O–H groups in total. The summed E-state index contributed by atoms with van der Waals surface area (Å²) in [7, 11) is 0. The molecule has 114 valence electrons. The Labute approximate surface area is 128 Å². The molecule has 5 nitrogen and oxygen atoms in total. The molecule has 1 aliphatic rings. The monoisotopic (exact) mass is 310 g/mol. The van der Waals surface area contributed by atoms with Gasteiger partial charge in [0.1, 0.15) is 0 Å². The minimum absolute atomic E-state index is 0.297. The van der Waals surface area contributed by atoms with E-state index in [1.54, 1.807) is 18.2 Å². The molecular formula is C15H19ClN2O3. The average Bonchev–Trinajstić information content (AvgIpc) is 2.46. The van der Waals surface area contributed by atoms with Crippen LogP contribution < -0.4 is 10.6 Å². The van der Waals surface area contributed by atoms with Crippen LogP contribution in [0.25, 0.3) is 0 Å². The summed E-state index contributed by atoms with van der Waals surface area (Å²) in [6.07, 6.45) is 1.85. The van der Waals surface area contributed by atoms with Crippen LogP contribution in [0, 0.1) is 5.41 Å². The van der Waals surface area contributed by atoms with Crippen LogP contribution in [0.15, 0.2) is 18.2 Å². The molecule has 1 aromatic carbocycles. The molecule has 6 heteroatoms. The van der Waals surface area contributed by atoms with Gasteiger partial charge in [-0.1, -0.05) is 18.5 Å². The number of halogens is 1.